The van der Waals surface area contributed by atoms with Crippen molar-refractivity contribution < 1.29 is 9.47 Å². The zero-order chi connectivity index (χ0) is 26.4. The number of benzene rings is 3. The Kier molecular flexibility index (Phi) is 9.56. The number of hydrogen-bond donors (Lipinski definition) is 0. The normalized spacial score (nSPS) is 11.4. The molecule has 1 heterocycles. The Bertz CT molecular complexity index is 1480. The molecule has 0 spiro atoms. The SMILES string of the molecule is CCCCc1nc2ccc(Br)cc2c(=O)n1N=Cc1cc(Br)c(OCc2ccc(Br)cc2)c(OCC)c1. The third kappa shape index (κ3) is 6.89. The standard InChI is InChI=1S/C28H26Br3N3O3/c1-3-5-6-26-33-24-12-11-21(30)15-22(24)28(35)34(26)32-16-19-13-23(31)27(25(14-19)36-4-2)37-17-18-7-9-20(29)10-8-18/h7-16H,3-6,17H2,1-2H3. The topological polar surface area (TPSA) is 65.7 Å². The molecule has 0 radical (unpaired) electrons. The van der Waals surface area contributed by atoms with Gasteiger partial charge in [-0.25, -0.2) is 4.98 Å². The molecule has 0 N–H and O–H groups in total. The van der Waals surface area contributed by atoms with Crippen LogP contribution in [0.4, 0.5) is 0 Å². The lowest BCUT2D eigenvalue weighted by Crippen LogP contribution is -2.22. The van der Waals surface area contributed by atoms with Gasteiger partial charge in [-0.15, -0.1) is 0 Å². The van der Waals surface area contributed by atoms with Gasteiger partial charge in [-0.3, -0.25) is 4.79 Å². The van der Waals surface area contributed by atoms with Crippen molar-refractivity contribution >= 4 is 64.9 Å². The van der Waals surface area contributed by atoms with Crippen LogP contribution in [0.25, 0.3) is 10.9 Å². The molecule has 6 nitrogen and oxygen atoms in total. The quantitative estimate of drug-likeness (QED) is 0.159. The highest BCUT2D eigenvalue weighted by atomic mass is 79.9. The second-order valence-electron chi connectivity index (χ2n) is 8.33. The number of ether oxygens (including phenoxy) is 2. The van der Waals surface area contributed by atoms with Crippen molar-refractivity contribution in [3.05, 3.63) is 95.3 Å². The first-order valence-corrected chi connectivity index (χ1v) is 14.4. The number of hydrogen-bond acceptors (Lipinski definition) is 5. The summed E-state index contributed by atoms with van der Waals surface area (Å²) in [5.74, 6) is 1.84. The zero-order valence-corrected chi connectivity index (χ0v) is 25.3. The van der Waals surface area contributed by atoms with Crippen LogP contribution in [0.3, 0.4) is 0 Å². The summed E-state index contributed by atoms with van der Waals surface area (Å²) in [5, 5.41) is 5.08. The van der Waals surface area contributed by atoms with Crippen LogP contribution in [0.2, 0.25) is 0 Å². The molecule has 192 valence electrons. The molecule has 0 saturated carbocycles. The summed E-state index contributed by atoms with van der Waals surface area (Å²) < 4.78 is 16.0. The van der Waals surface area contributed by atoms with E-state index in [1.807, 2.05) is 55.5 Å². The second kappa shape index (κ2) is 12.8. The van der Waals surface area contributed by atoms with Gasteiger partial charge in [0, 0.05) is 15.4 Å². The molecule has 0 unspecified atom stereocenters. The Hall–Kier alpha value is -2.49. The fourth-order valence-corrected chi connectivity index (χ4v) is 4.94. The molecule has 0 bridgehead atoms. The van der Waals surface area contributed by atoms with E-state index < -0.39 is 0 Å². The van der Waals surface area contributed by atoms with Crippen LogP contribution in [0.5, 0.6) is 11.5 Å². The zero-order valence-electron chi connectivity index (χ0n) is 20.5. The van der Waals surface area contributed by atoms with Gasteiger partial charge in [0.05, 0.1) is 28.2 Å². The molecule has 0 aliphatic carbocycles. The van der Waals surface area contributed by atoms with Crippen molar-refractivity contribution in [2.75, 3.05) is 6.61 Å². The summed E-state index contributed by atoms with van der Waals surface area (Å²) >= 11 is 10.5. The lowest BCUT2D eigenvalue weighted by atomic mass is 10.2. The van der Waals surface area contributed by atoms with Crippen molar-refractivity contribution in [1.29, 1.82) is 0 Å². The third-order valence-corrected chi connectivity index (χ3v) is 7.19. The van der Waals surface area contributed by atoms with Crippen LogP contribution >= 0.6 is 47.8 Å². The summed E-state index contributed by atoms with van der Waals surface area (Å²) in [4.78, 5) is 18.1. The molecule has 3 aromatic carbocycles. The van der Waals surface area contributed by atoms with Crippen molar-refractivity contribution in [3.63, 3.8) is 0 Å². The van der Waals surface area contributed by atoms with Crippen LogP contribution in [0.1, 0.15) is 43.6 Å². The van der Waals surface area contributed by atoms with E-state index >= 15 is 0 Å². The minimum absolute atomic E-state index is 0.202. The second-order valence-corrected chi connectivity index (χ2v) is 11.0. The summed E-state index contributed by atoms with van der Waals surface area (Å²) in [6, 6.07) is 17.2. The Balaban J connectivity index is 1.68. The highest BCUT2D eigenvalue weighted by molar-refractivity contribution is 9.11. The van der Waals surface area contributed by atoms with E-state index in [2.05, 4.69) is 59.8 Å². The van der Waals surface area contributed by atoms with Gasteiger partial charge in [0.1, 0.15) is 12.4 Å². The van der Waals surface area contributed by atoms with Gasteiger partial charge in [-0.1, -0.05) is 57.3 Å². The van der Waals surface area contributed by atoms with Crippen LogP contribution in [0, 0.1) is 0 Å². The van der Waals surface area contributed by atoms with Gasteiger partial charge in [0.15, 0.2) is 11.5 Å². The number of halogens is 3. The Morgan fingerprint density at radius 1 is 0.973 bits per heavy atom. The van der Waals surface area contributed by atoms with Crippen LogP contribution in [-0.2, 0) is 13.0 Å². The van der Waals surface area contributed by atoms with Crippen LogP contribution < -0.4 is 15.0 Å². The fraction of sp³-hybridized carbons (Fsp3) is 0.250. The monoisotopic (exact) mass is 689 g/mol. The molecule has 0 aliphatic heterocycles. The molecule has 0 saturated heterocycles. The van der Waals surface area contributed by atoms with Crippen molar-refractivity contribution in [2.24, 2.45) is 5.10 Å². The molecule has 4 aromatic rings. The van der Waals surface area contributed by atoms with Gasteiger partial charge >= 0.3 is 0 Å². The lowest BCUT2D eigenvalue weighted by molar-refractivity contribution is 0.267. The summed E-state index contributed by atoms with van der Waals surface area (Å²) in [6.45, 7) is 4.91. The molecule has 0 atom stereocenters. The largest absolute Gasteiger partial charge is 0.490 e. The summed E-state index contributed by atoms with van der Waals surface area (Å²) in [5.41, 5.74) is 2.26. The molecule has 0 fully saturated rings. The lowest BCUT2D eigenvalue weighted by Gasteiger charge is -2.15. The van der Waals surface area contributed by atoms with Gasteiger partial charge in [-0.05, 0) is 82.9 Å². The van der Waals surface area contributed by atoms with E-state index in [4.69, 9.17) is 14.5 Å². The molecule has 4 rings (SSSR count). The molecule has 0 aliphatic rings. The average Bonchev–Trinajstić information content (AvgIpc) is 2.88. The molecule has 1 aromatic heterocycles. The summed E-state index contributed by atoms with van der Waals surface area (Å²) in [7, 11) is 0. The van der Waals surface area contributed by atoms with Crippen molar-refractivity contribution in [1.82, 2.24) is 9.66 Å². The first kappa shape index (κ1) is 27.5. The maximum absolute atomic E-state index is 13.3. The molecule has 9 heteroatoms. The highest BCUT2D eigenvalue weighted by Crippen LogP contribution is 2.37. The number of unbranched alkanes of at least 4 members (excludes halogenated alkanes) is 1. The Morgan fingerprint density at radius 3 is 2.46 bits per heavy atom. The van der Waals surface area contributed by atoms with E-state index in [1.54, 1.807) is 12.3 Å². The van der Waals surface area contributed by atoms with Gasteiger partial charge in [0.2, 0.25) is 0 Å². The highest BCUT2D eigenvalue weighted by Gasteiger charge is 2.14. The van der Waals surface area contributed by atoms with E-state index in [1.165, 1.54) is 4.68 Å². The average molecular weight is 692 g/mol. The van der Waals surface area contributed by atoms with Crippen LogP contribution in [-0.4, -0.2) is 22.5 Å². The van der Waals surface area contributed by atoms with Crippen LogP contribution in [0.15, 0.2) is 77.9 Å². The van der Waals surface area contributed by atoms with E-state index in [0.29, 0.717) is 47.9 Å². The van der Waals surface area contributed by atoms with Crippen molar-refractivity contribution in [3.8, 4) is 11.5 Å². The summed E-state index contributed by atoms with van der Waals surface area (Å²) in [6.07, 6.45) is 4.21. The number of aryl methyl sites for hydroxylation is 1. The van der Waals surface area contributed by atoms with E-state index in [9.17, 15) is 4.79 Å². The predicted octanol–water partition coefficient (Wildman–Crippen LogP) is 7.89. The van der Waals surface area contributed by atoms with Gasteiger partial charge in [-0.2, -0.15) is 9.78 Å². The smallest absolute Gasteiger partial charge is 0.282 e. The maximum Gasteiger partial charge on any atom is 0.282 e. The van der Waals surface area contributed by atoms with Gasteiger partial charge < -0.3 is 9.47 Å². The number of aromatic nitrogens is 2. The molecular weight excluding hydrogens is 666 g/mol. The molecule has 37 heavy (non-hydrogen) atoms. The number of fused-ring (bicyclic) bond motifs is 1. The fourth-order valence-electron chi connectivity index (χ4n) is 3.74. The van der Waals surface area contributed by atoms with Crippen molar-refractivity contribution in [2.45, 2.75) is 39.7 Å². The Morgan fingerprint density at radius 2 is 1.73 bits per heavy atom. The van der Waals surface area contributed by atoms with Gasteiger partial charge in [0.25, 0.3) is 5.56 Å². The van der Waals surface area contributed by atoms with E-state index in [-0.39, 0.29) is 5.56 Å². The minimum atomic E-state index is -0.202. The van der Waals surface area contributed by atoms with E-state index in [0.717, 1.165) is 37.4 Å². The first-order chi connectivity index (χ1) is 17.9. The number of rotatable bonds is 10. The third-order valence-electron chi connectivity index (χ3n) is 5.58. The predicted molar refractivity (Wildman–Crippen MR) is 159 cm³/mol. The maximum atomic E-state index is 13.3. The molecular formula is C28H26Br3N3O3. The number of nitrogens with zero attached hydrogens (tertiary/aromatic N) is 3. The molecule has 0 amide bonds. The Labute approximate surface area is 241 Å². The minimum Gasteiger partial charge on any atom is -0.490 e. The first-order valence-electron chi connectivity index (χ1n) is 12.0.